The lowest BCUT2D eigenvalue weighted by Gasteiger charge is -2.35. The molecule has 1 saturated heterocycles. The van der Waals surface area contributed by atoms with Crippen molar-refractivity contribution in [1.29, 1.82) is 0 Å². The number of piperazine rings is 1. The number of aromatic amines is 1. The summed E-state index contributed by atoms with van der Waals surface area (Å²) in [7, 11) is 0. The average Bonchev–Trinajstić information content (AvgIpc) is 2.73. The van der Waals surface area contributed by atoms with Crippen molar-refractivity contribution < 1.29 is 14.1 Å². The topological polar surface area (TPSA) is 112 Å². The van der Waals surface area contributed by atoms with E-state index in [1.807, 2.05) is 0 Å². The van der Waals surface area contributed by atoms with Crippen molar-refractivity contribution in [1.82, 2.24) is 14.9 Å². The molecule has 0 saturated carbocycles. The van der Waals surface area contributed by atoms with E-state index < -0.39 is 16.3 Å². The first-order valence-electron chi connectivity index (χ1n) is 8.89. The summed E-state index contributed by atoms with van der Waals surface area (Å²) in [5.74, 6) is -0.631. The van der Waals surface area contributed by atoms with Crippen LogP contribution in [0.2, 0.25) is 0 Å². The lowest BCUT2D eigenvalue weighted by molar-refractivity contribution is -0.384. The van der Waals surface area contributed by atoms with Crippen LogP contribution in [0.4, 0.5) is 15.8 Å². The summed E-state index contributed by atoms with van der Waals surface area (Å²) in [4.78, 5) is 45.4. The van der Waals surface area contributed by atoms with Crippen LogP contribution in [0, 0.1) is 15.9 Å². The van der Waals surface area contributed by atoms with Crippen LogP contribution in [0.15, 0.2) is 47.5 Å². The number of benzene rings is 2. The Morgan fingerprint density at radius 2 is 1.83 bits per heavy atom. The number of nitrogens with one attached hydrogen (secondary N) is 1. The van der Waals surface area contributed by atoms with Crippen LogP contribution in [0.3, 0.4) is 0 Å². The van der Waals surface area contributed by atoms with Gasteiger partial charge in [-0.05, 0) is 30.3 Å². The van der Waals surface area contributed by atoms with Crippen molar-refractivity contribution in [2.45, 2.75) is 0 Å². The number of fused-ring (bicyclic) bond motifs is 1. The molecule has 1 aliphatic heterocycles. The van der Waals surface area contributed by atoms with E-state index >= 15 is 0 Å². The van der Waals surface area contributed by atoms with Gasteiger partial charge in [-0.2, -0.15) is 0 Å². The van der Waals surface area contributed by atoms with E-state index in [-0.39, 0.29) is 17.0 Å². The molecular weight excluding hydrogens is 381 g/mol. The number of nitro benzene ring substituents is 1. The predicted molar refractivity (Wildman–Crippen MR) is 104 cm³/mol. The fourth-order valence-electron chi connectivity index (χ4n) is 3.42. The number of amides is 1. The van der Waals surface area contributed by atoms with Gasteiger partial charge < -0.3 is 14.8 Å². The molecule has 0 bridgehead atoms. The number of hydrogen-bond donors (Lipinski definition) is 1. The fourth-order valence-corrected chi connectivity index (χ4v) is 3.42. The molecule has 0 unspecified atom stereocenters. The molecular formula is C19H16FN5O4. The number of carbonyl (C=O) groups excluding carboxylic acids is 1. The summed E-state index contributed by atoms with van der Waals surface area (Å²) < 4.78 is 13.1. The molecule has 10 heteroatoms. The number of carbonyl (C=O) groups is 1. The molecule has 2 heterocycles. The standard InChI is InChI=1S/C19H16FN5O4/c20-13-3-1-12(2-4-13)19(27)24-7-5-23(6-8-24)16-10-15-14(9-17(16)25(28)29)18(26)22-11-21-15/h1-4,9-11H,5-8H2,(H,21,22,26). The molecule has 0 spiro atoms. The second-order valence-corrected chi connectivity index (χ2v) is 6.63. The van der Waals surface area contributed by atoms with Gasteiger partial charge in [0.05, 0.1) is 22.2 Å². The van der Waals surface area contributed by atoms with Gasteiger partial charge in [0.25, 0.3) is 17.2 Å². The summed E-state index contributed by atoms with van der Waals surface area (Å²) in [5, 5.41) is 11.7. The van der Waals surface area contributed by atoms with Crippen molar-refractivity contribution in [3.05, 3.63) is 74.6 Å². The van der Waals surface area contributed by atoms with Gasteiger partial charge in [-0.25, -0.2) is 9.37 Å². The Balaban J connectivity index is 1.58. The Morgan fingerprint density at radius 3 is 2.48 bits per heavy atom. The number of nitrogens with zero attached hydrogens (tertiary/aromatic N) is 4. The molecule has 29 heavy (non-hydrogen) atoms. The van der Waals surface area contributed by atoms with Crippen LogP contribution in [-0.4, -0.2) is 51.9 Å². The van der Waals surface area contributed by atoms with Crippen LogP contribution < -0.4 is 10.5 Å². The number of halogens is 1. The molecule has 1 amide bonds. The van der Waals surface area contributed by atoms with Crippen LogP contribution >= 0.6 is 0 Å². The van der Waals surface area contributed by atoms with Crippen LogP contribution in [-0.2, 0) is 0 Å². The van der Waals surface area contributed by atoms with E-state index in [0.29, 0.717) is 42.9 Å². The maximum atomic E-state index is 13.1. The molecule has 1 fully saturated rings. The highest BCUT2D eigenvalue weighted by Crippen LogP contribution is 2.32. The third-order valence-electron chi connectivity index (χ3n) is 4.93. The Labute approximate surface area is 163 Å². The van der Waals surface area contributed by atoms with Gasteiger partial charge in [0.15, 0.2) is 0 Å². The van der Waals surface area contributed by atoms with Gasteiger partial charge >= 0.3 is 0 Å². The van der Waals surface area contributed by atoms with E-state index in [0.717, 1.165) is 0 Å². The zero-order chi connectivity index (χ0) is 20.5. The number of hydrogen-bond acceptors (Lipinski definition) is 6. The molecule has 1 N–H and O–H groups in total. The van der Waals surface area contributed by atoms with Gasteiger partial charge in [0.1, 0.15) is 11.5 Å². The number of nitro groups is 1. The van der Waals surface area contributed by atoms with E-state index in [1.54, 1.807) is 9.80 Å². The number of H-pyrrole nitrogens is 1. The van der Waals surface area contributed by atoms with Gasteiger partial charge in [-0.1, -0.05) is 0 Å². The lowest BCUT2D eigenvalue weighted by Crippen LogP contribution is -2.49. The SMILES string of the molecule is O=C(c1ccc(F)cc1)N1CCN(c2cc3nc[nH]c(=O)c3cc2[N+](=O)[O-])CC1. The predicted octanol–water partition coefficient (Wildman–Crippen LogP) is 1.93. The minimum absolute atomic E-state index is 0.146. The maximum Gasteiger partial charge on any atom is 0.293 e. The van der Waals surface area contributed by atoms with Crippen molar-refractivity contribution in [2.24, 2.45) is 0 Å². The van der Waals surface area contributed by atoms with Crippen molar-refractivity contribution >= 4 is 28.2 Å². The minimum Gasteiger partial charge on any atom is -0.362 e. The molecule has 3 aromatic rings. The highest BCUT2D eigenvalue weighted by molar-refractivity contribution is 5.94. The molecule has 1 aliphatic rings. The number of rotatable bonds is 3. The summed E-state index contributed by atoms with van der Waals surface area (Å²) in [6.07, 6.45) is 1.25. The zero-order valence-corrected chi connectivity index (χ0v) is 15.2. The van der Waals surface area contributed by atoms with E-state index in [1.165, 1.54) is 42.7 Å². The second kappa shape index (κ2) is 7.30. The molecule has 2 aromatic carbocycles. The van der Waals surface area contributed by atoms with E-state index in [9.17, 15) is 24.1 Å². The molecule has 9 nitrogen and oxygen atoms in total. The summed E-state index contributed by atoms with van der Waals surface area (Å²) in [5.41, 5.74) is 0.474. The molecule has 0 aliphatic carbocycles. The lowest BCUT2D eigenvalue weighted by atomic mass is 10.1. The van der Waals surface area contributed by atoms with E-state index in [2.05, 4.69) is 9.97 Å². The first-order chi connectivity index (χ1) is 13.9. The molecule has 0 radical (unpaired) electrons. The van der Waals surface area contributed by atoms with Gasteiger partial charge in [-0.3, -0.25) is 19.7 Å². The van der Waals surface area contributed by atoms with Crippen molar-refractivity contribution in [3.8, 4) is 0 Å². The highest BCUT2D eigenvalue weighted by Gasteiger charge is 2.27. The largest absolute Gasteiger partial charge is 0.362 e. The van der Waals surface area contributed by atoms with Crippen LogP contribution in [0.5, 0.6) is 0 Å². The third-order valence-corrected chi connectivity index (χ3v) is 4.93. The smallest absolute Gasteiger partial charge is 0.293 e. The molecule has 1 aromatic heterocycles. The second-order valence-electron chi connectivity index (χ2n) is 6.63. The number of anilines is 1. The molecule has 148 valence electrons. The summed E-state index contributed by atoms with van der Waals surface area (Å²) >= 11 is 0. The van der Waals surface area contributed by atoms with Crippen LogP contribution in [0.1, 0.15) is 10.4 Å². The first kappa shape index (κ1) is 18.5. The van der Waals surface area contributed by atoms with Crippen LogP contribution in [0.25, 0.3) is 10.9 Å². The normalized spacial score (nSPS) is 14.2. The molecule has 4 rings (SSSR count). The monoisotopic (exact) mass is 397 g/mol. The van der Waals surface area contributed by atoms with Crippen molar-refractivity contribution in [3.63, 3.8) is 0 Å². The van der Waals surface area contributed by atoms with E-state index in [4.69, 9.17) is 0 Å². The highest BCUT2D eigenvalue weighted by atomic mass is 19.1. The van der Waals surface area contributed by atoms with Crippen molar-refractivity contribution in [2.75, 3.05) is 31.1 Å². The maximum absolute atomic E-state index is 13.1. The fraction of sp³-hybridized carbons (Fsp3) is 0.211. The van der Waals surface area contributed by atoms with Gasteiger partial charge in [-0.15, -0.1) is 0 Å². The summed E-state index contributed by atoms with van der Waals surface area (Å²) in [6, 6.07) is 8.09. The quantitative estimate of drug-likeness (QED) is 0.534. The summed E-state index contributed by atoms with van der Waals surface area (Å²) in [6.45, 7) is 1.47. The average molecular weight is 397 g/mol. The van der Waals surface area contributed by atoms with Gasteiger partial charge in [0, 0.05) is 37.8 Å². The minimum atomic E-state index is -0.531. The Hall–Kier alpha value is -3.82. The Kier molecular flexibility index (Phi) is 4.67. The van der Waals surface area contributed by atoms with Gasteiger partial charge in [0.2, 0.25) is 0 Å². The first-order valence-corrected chi connectivity index (χ1v) is 8.89. The Bertz CT molecular complexity index is 1150. The third kappa shape index (κ3) is 3.51. The number of aromatic nitrogens is 2. The molecule has 0 atom stereocenters. The Morgan fingerprint density at radius 1 is 1.14 bits per heavy atom. The zero-order valence-electron chi connectivity index (χ0n) is 15.2.